The van der Waals surface area contributed by atoms with Crippen molar-refractivity contribution in [2.75, 3.05) is 7.11 Å². The van der Waals surface area contributed by atoms with Gasteiger partial charge in [-0.25, -0.2) is 4.79 Å². The number of aliphatic hydroxyl groups excluding tert-OH is 1. The lowest BCUT2D eigenvalue weighted by molar-refractivity contribution is 0.373. The summed E-state index contributed by atoms with van der Waals surface area (Å²) in [5.74, 6) is 0.0563. The molecule has 5 nitrogen and oxygen atoms in total. The van der Waals surface area contributed by atoms with Crippen molar-refractivity contribution in [3.05, 3.63) is 52.9 Å². The van der Waals surface area contributed by atoms with Crippen LogP contribution in [0.4, 0.5) is 0 Å². The Labute approximate surface area is 119 Å². The summed E-state index contributed by atoms with van der Waals surface area (Å²) < 4.78 is 10.3. The number of rotatable bonds is 2. The molecule has 3 aromatic rings. The Balaban J connectivity index is 2.47. The third kappa shape index (κ3) is 1.99. The van der Waals surface area contributed by atoms with Gasteiger partial charge in [-0.15, -0.1) is 0 Å². The van der Waals surface area contributed by atoms with Gasteiger partial charge in [0.05, 0.1) is 12.5 Å². The van der Waals surface area contributed by atoms with Crippen molar-refractivity contribution in [1.29, 1.82) is 0 Å². The number of aliphatic hydroxyl groups is 1. The molecule has 2 aromatic carbocycles. The van der Waals surface area contributed by atoms with E-state index in [2.05, 4.69) is 6.58 Å². The molecule has 0 spiro atoms. The van der Waals surface area contributed by atoms with Gasteiger partial charge in [0.1, 0.15) is 11.3 Å². The first kappa shape index (κ1) is 13.1. The summed E-state index contributed by atoms with van der Waals surface area (Å²) in [6.07, 6.45) is 0. The van der Waals surface area contributed by atoms with E-state index in [1.165, 1.54) is 19.2 Å². The van der Waals surface area contributed by atoms with Gasteiger partial charge < -0.3 is 19.4 Å². The highest BCUT2D eigenvalue weighted by atomic mass is 16.5. The monoisotopic (exact) mass is 284 g/mol. The van der Waals surface area contributed by atoms with E-state index in [0.717, 1.165) is 0 Å². The smallest absolute Gasteiger partial charge is 0.344 e. The minimum absolute atomic E-state index is 0.104. The first-order valence-corrected chi connectivity index (χ1v) is 6.17. The zero-order valence-electron chi connectivity index (χ0n) is 11.2. The van der Waals surface area contributed by atoms with E-state index < -0.39 is 5.63 Å². The molecular weight excluding hydrogens is 272 g/mol. The van der Waals surface area contributed by atoms with E-state index in [1.807, 2.05) is 0 Å². The van der Waals surface area contributed by atoms with Crippen molar-refractivity contribution < 1.29 is 19.4 Å². The Morgan fingerprint density at radius 2 is 1.95 bits per heavy atom. The topological polar surface area (TPSA) is 79.9 Å². The number of methoxy groups -OCH3 is 1. The van der Waals surface area contributed by atoms with Gasteiger partial charge >= 0.3 is 5.63 Å². The Bertz CT molecular complexity index is 937. The average Bonchev–Trinajstić information content (AvgIpc) is 2.46. The standard InChI is InChI=1S/C16H12O5/c1-8(17)9-3-4-10-11-6-15(20-2)13(18)7-14(11)21-16(19)12(10)5-9/h3-7,17-18H,1H2,2H3. The molecule has 21 heavy (non-hydrogen) atoms. The lowest BCUT2D eigenvalue weighted by Gasteiger charge is -2.08. The molecule has 1 aromatic heterocycles. The summed E-state index contributed by atoms with van der Waals surface area (Å²) in [5.41, 5.74) is 0.159. The normalized spacial score (nSPS) is 10.9. The van der Waals surface area contributed by atoms with Gasteiger partial charge in [-0.2, -0.15) is 0 Å². The maximum Gasteiger partial charge on any atom is 0.344 e. The Morgan fingerprint density at radius 3 is 2.62 bits per heavy atom. The van der Waals surface area contributed by atoms with E-state index in [9.17, 15) is 15.0 Å². The van der Waals surface area contributed by atoms with Gasteiger partial charge in [-0.3, -0.25) is 0 Å². The van der Waals surface area contributed by atoms with Crippen LogP contribution in [0.15, 0.2) is 46.1 Å². The van der Waals surface area contributed by atoms with E-state index >= 15 is 0 Å². The molecule has 0 fully saturated rings. The molecule has 0 unspecified atom stereocenters. The van der Waals surface area contributed by atoms with E-state index in [4.69, 9.17) is 9.15 Å². The van der Waals surface area contributed by atoms with Gasteiger partial charge in [0, 0.05) is 22.4 Å². The van der Waals surface area contributed by atoms with E-state index in [-0.39, 0.29) is 22.8 Å². The lowest BCUT2D eigenvalue weighted by Crippen LogP contribution is -2.01. The number of aromatic hydroxyl groups is 1. The fraction of sp³-hybridized carbons (Fsp3) is 0.0625. The van der Waals surface area contributed by atoms with Crippen LogP contribution >= 0.6 is 0 Å². The maximum absolute atomic E-state index is 12.0. The summed E-state index contributed by atoms with van der Waals surface area (Å²) >= 11 is 0. The van der Waals surface area contributed by atoms with Crippen molar-refractivity contribution >= 4 is 27.5 Å². The molecule has 0 amide bonds. The van der Waals surface area contributed by atoms with E-state index in [1.54, 1.807) is 18.2 Å². The lowest BCUT2D eigenvalue weighted by atomic mass is 10.0. The molecule has 0 aliphatic rings. The van der Waals surface area contributed by atoms with Crippen LogP contribution < -0.4 is 10.4 Å². The maximum atomic E-state index is 12.0. The number of benzene rings is 2. The van der Waals surface area contributed by atoms with Crippen molar-refractivity contribution in [1.82, 2.24) is 0 Å². The number of hydrogen-bond donors (Lipinski definition) is 2. The molecule has 106 valence electrons. The summed E-state index contributed by atoms with van der Waals surface area (Å²) in [6.45, 7) is 3.43. The summed E-state index contributed by atoms with van der Waals surface area (Å²) in [7, 11) is 1.44. The fourth-order valence-electron chi connectivity index (χ4n) is 2.29. The number of ether oxygens (including phenoxy) is 1. The minimum atomic E-state index is -0.551. The first-order valence-electron chi connectivity index (χ1n) is 6.17. The Kier molecular flexibility index (Phi) is 2.83. The number of phenolic OH excluding ortho intramolecular Hbond substituents is 1. The molecule has 5 heteroatoms. The molecule has 1 heterocycles. The molecule has 0 saturated heterocycles. The third-order valence-electron chi connectivity index (χ3n) is 3.35. The van der Waals surface area contributed by atoms with Crippen LogP contribution in [0, 0.1) is 0 Å². The molecule has 0 aliphatic heterocycles. The van der Waals surface area contributed by atoms with Crippen LogP contribution in [0.5, 0.6) is 11.5 Å². The van der Waals surface area contributed by atoms with Crippen LogP contribution in [0.2, 0.25) is 0 Å². The van der Waals surface area contributed by atoms with Gasteiger partial charge in [0.25, 0.3) is 0 Å². The second-order valence-corrected chi connectivity index (χ2v) is 4.62. The summed E-state index contributed by atoms with van der Waals surface area (Å²) in [5, 5.41) is 20.8. The fourth-order valence-corrected chi connectivity index (χ4v) is 2.29. The average molecular weight is 284 g/mol. The SMILES string of the molecule is C=C(O)c1ccc2c(c1)c(=O)oc1cc(O)c(OC)cc12. The molecule has 0 atom stereocenters. The van der Waals surface area contributed by atoms with Crippen LogP contribution in [0.1, 0.15) is 5.56 Å². The highest BCUT2D eigenvalue weighted by Crippen LogP contribution is 2.34. The third-order valence-corrected chi connectivity index (χ3v) is 3.35. The minimum Gasteiger partial charge on any atom is -0.508 e. The van der Waals surface area contributed by atoms with Crippen LogP contribution in [-0.2, 0) is 0 Å². The van der Waals surface area contributed by atoms with Crippen molar-refractivity contribution in [3.63, 3.8) is 0 Å². The predicted octanol–water partition coefficient (Wildman–Crippen LogP) is 3.19. The van der Waals surface area contributed by atoms with Crippen LogP contribution in [0.25, 0.3) is 27.5 Å². The van der Waals surface area contributed by atoms with Crippen LogP contribution in [0.3, 0.4) is 0 Å². The Morgan fingerprint density at radius 1 is 1.19 bits per heavy atom. The van der Waals surface area contributed by atoms with Gasteiger partial charge in [0.2, 0.25) is 0 Å². The molecular formula is C16H12O5. The van der Waals surface area contributed by atoms with Gasteiger partial charge in [0.15, 0.2) is 11.5 Å². The van der Waals surface area contributed by atoms with Crippen molar-refractivity contribution in [2.45, 2.75) is 0 Å². The van der Waals surface area contributed by atoms with E-state index in [0.29, 0.717) is 21.7 Å². The molecule has 0 radical (unpaired) electrons. The molecule has 0 saturated carbocycles. The zero-order chi connectivity index (χ0) is 15.1. The Hall–Kier alpha value is -2.95. The highest BCUT2D eigenvalue weighted by Gasteiger charge is 2.12. The van der Waals surface area contributed by atoms with Gasteiger partial charge in [-0.1, -0.05) is 18.7 Å². The molecule has 0 aliphatic carbocycles. The van der Waals surface area contributed by atoms with Gasteiger partial charge in [-0.05, 0) is 12.1 Å². The summed E-state index contributed by atoms with van der Waals surface area (Å²) in [4.78, 5) is 12.0. The van der Waals surface area contributed by atoms with Crippen molar-refractivity contribution in [3.8, 4) is 11.5 Å². The number of fused-ring (bicyclic) bond motifs is 3. The predicted molar refractivity (Wildman–Crippen MR) is 79.9 cm³/mol. The quantitative estimate of drug-likeness (QED) is 0.429. The first-order chi connectivity index (χ1) is 10.0. The van der Waals surface area contributed by atoms with Crippen LogP contribution in [-0.4, -0.2) is 17.3 Å². The molecule has 2 N–H and O–H groups in total. The summed E-state index contributed by atoms with van der Waals surface area (Å²) in [6, 6.07) is 7.81. The zero-order valence-corrected chi connectivity index (χ0v) is 11.2. The number of hydrogen-bond acceptors (Lipinski definition) is 5. The largest absolute Gasteiger partial charge is 0.508 e. The van der Waals surface area contributed by atoms with Crippen molar-refractivity contribution in [2.24, 2.45) is 0 Å². The second-order valence-electron chi connectivity index (χ2n) is 4.62. The second kappa shape index (κ2) is 4.56. The molecule has 3 rings (SSSR count). The molecule has 0 bridgehead atoms. The number of phenols is 1. The highest BCUT2D eigenvalue weighted by molar-refractivity contribution is 6.05.